The summed E-state index contributed by atoms with van der Waals surface area (Å²) in [5.74, 6) is 1.48. The third-order valence-electron chi connectivity index (χ3n) is 6.39. The summed E-state index contributed by atoms with van der Waals surface area (Å²) in [6.07, 6.45) is 0.910. The summed E-state index contributed by atoms with van der Waals surface area (Å²) in [4.78, 5) is 27.7. The summed E-state index contributed by atoms with van der Waals surface area (Å²) in [6, 6.07) is 13.1. The lowest BCUT2D eigenvalue weighted by atomic mass is 10.1. The molecule has 1 N–H and O–H groups in total. The predicted molar refractivity (Wildman–Crippen MR) is 150 cm³/mol. The summed E-state index contributed by atoms with van der Waals surface area (Å²) < 4.78 is 46.4. The van der Waals surface area contributed by atoms with Crippen LogP contribution in [0.4, 0.5) is 0 Å². The van der Waals surface area contributed by atoms with Gasteiger partial charge < -0.3 is 28.7 Å². The molecule has 4 rings (SSSR count). The fraction of sp³-hybridized carbons (Fsp3) is 0.393. The van der Waals surface area contributed by atoms with Crippen LogP contribution in [0.5, 0.6) is 23.1 Å². The first-order chi connectivity index (χ1) is 19.5. The summed E-state index contributed by atoms with van der Waals surface area (Å²) in [5.41, 5.74) is 1.29. The van der Waals surface area contributed by atoms with Crippen molar-refractivity contribution in [1.82, 2.24) is 20.0 Å². The van der Waals surface area contributed by atoms with E-state index in [9.17, 15) is 18.0 Å². The van der Waals surface area contributed by atoms with Gasteiger partial charge in [0.05, 0.1) is 17.2 Å². The predicted octanol–water partition coefficient (Wildman–Crippen LogP) is 2.76. The number of methoxy groups -OCH3 is 1. The fourth-order valence-corrected chi connectivity index (χ4v) is 4.90. The van der Waals surface area contributed by atoms with Gasteiger partial charge in [0.25, 0.3) is 5.91 Å². The number of ether oxygens (including phenoxy) is 4. The zero-order valence-electron chi connectivity index (χ0n) is 23.5. The van der Waals surface area contributed by atoms with Gasteiger partial charge in [-0.25, -0.2) is 8.42 Å². The van der Waals surface area contributed by atoms with Gasteiger partial charge in [-0.3, -0.25) is 14.7 Å². The molecule has 0 radical (unpaired) electrons. The number of nitrogens with one attached hydrogen (secondary N) is 1. The van der Waals surface area contributed by atoms with Crippen LogP contribution >= 0.6 is 0 Å². The van der Waals surface area contributed by atoms with Crippen molar-refractivity contribution in [3.8, 4) is 34.4 Å². The van der Waals surface area contributed by atoms with Gasteiger partial charge in [-0.05, 0) is 43.3 Å². The van der Waals surface area contributed by atoms with Crippen molar-refractivity contribution in [2.24, 2.45) is 0 Å². The minimum absolute atomic E-state index is 0.00145. The zero-order chi connectivity index (χ0) is 29.6. The molecule has 220 valence electrons. The second kappa shape index (κ2) is 13.0. The maximum absolute atomic E-state index is 12.6. The van der Waals surface area contributed by atoms with Crippen LogP contribution in [0, 0.1) is 0 Å². The van der Waals surface area contributed by atoms with Crippen LogP contribution in [-0.4, -0.2) is 99.1 Å². The molecule has 13 heteroatoms. The number of piperazine rings is 1. The molecule has 2 heterocycles. The minimum Gasteiger partial charge on any atom is -0.488 e. The number of hydrogen-bond donors (Lipinski definition) is 1. The van der Waals surface area contributed by atoms with E-state index < -0.39 is 9.84 Å². The van der Waals surface area contributed by atoms with E-state index in [1.165, 1.54) is 19.1 Å². The fourth-order valence-electron chi connectivity index (χ4n) is 4.27. The molecule has 3 aromatic rings. The van der Waals surface area contributed by atoms with Crippen molar-refractivity contribution in [3.63, 3.8) is 0 Å². The molecular weight excluding hydrogens is 552 g/mol. The second-order valence-electron chi connectivity index (χ2n) is 9.72. The Labute approximate surface area is 239 Å². The Morgan fingerprint density at radius 1 is 0.976 bits per heavy atom. The molecule has 1 aliphatic rings. The number of aromatic amines is 1. The molecule has 1 unspecified atom stereocenters. The number of aromatic nitrogens is 2. The lowest BCUT2D eigenvalue weighted by Crippen LogP contribution is -2.51. The van der Waals surface area contributed by atoms with Crippen LogP contribution in [0.3, 0.4) is 0 Å². The number of benzene rings is 2. The number of hydrogen-bond acceptors (Lipinski definition) is 9. The largest absolute Gasteiger partial charge is 0.488 e. The molecule has 0 saturated carbocycles. The number of carbonyl (C=O) groups excluding carboxylic acids is 2. The van der Waals surface area contributed by atoms with Gasteiger partial charge in [0.1, 0.15) is 23.4 Å². The Morgan fingerprint density at radius 3 is 2.27 bits per heavy atom. The highest BCUT2D eigenvalue weighted by Gasteiger charge is 2.23. The Bertz CT molecular complexity index is 1460. The van der Waals surface area contributed by atoms with Crippen molar-refractivity contribution < 1.29 is 37.0 Å². The Kier molecular flexibility index (Phi) is 9.50. The molecule has 1 fully saturated rings. The lowest BCUT2D eigenvalue weighted by Gasteiger charge is -2.34. The monoisotopic (exact) mass is 586 g/mol. The second-order valence-corrected chi connectivity index (χ2v) is 11.7. The highest BCUT2D eigenvalue weighted by Crippen LogP contribution is 2.33. The van der Waals surface area contributed by atoms with Crippen molar-refractivity contribution in [1.29, 1.82) is 0 Å². The van der Waals surface area contributed by atoms with E-state index in [2.05, 4.69) is 10.2 Å². The van der Waals surface area contributed by atoms with E-state index >= 15 is 0 Å². The quantitative estimate of drug-likeness (QED) is 0.359. The SMILES string of the molecule is COCC(C)Oc1cc(Oc2ccc(S(C)(=O)=O)cc2)cc(-c2cc(OCC(=O)N3CCN(C(C)=O)CC3)n[nH]2)c1. The van der Waals surface area contributed by atoms with Crippen LogP contribution in [0.1, 0.15) is 13.8 Å². The van der Waals surface area contributed by atoms with E-state index in [1.807, 2.05) is 13.0 Å². The standard InChI is InChI=1S/C28H34N4O8S/c1-19(17-37-3)39-23-13-21(14-24(15-23)40-22-5-7-25(8-6-22)41(4,35)36)26-16-27(30-29-26)38-18-28(34)32-11-9-31(10-12-32)20(2)33/h5-8,13-16,19H,9-12,17-18H2,1-4H3,(H,29,30). The Balaban J connectivity index is 1.47. The van der Waals surface area contributed by atoms with E-state index in [1.54, 1.807) is 47.2 Å². The first kappa shape index (κ1) is 29.9. The number of carbonyl (C=O) groups is 2. The van der Waals surface area contributed by atoms with Gasteiger partial charge in [-0.15, -0.1) is 5.10 Å². The van der Waals surface area contributed by atoms with E-state index in [4.69, 9.17) is 18.9 Å². The minimum atomic E-state index is -3.33. The van der Waals surface area contributed by atoms with Gasteiger partial charge in [0, 0.05) is 64.2 Å². The summed E-state index contributed by atoms with van der Waals surface area (Å²) in [7, 11) is -1.74. The molecule has 0 bridgehead atoms. The van der Waals surface area contributed by atoms with Gasteiger partial charge in [0.15, 0.2) is 16.4 Å². The summed E-state index contributed by atoms with van der Waals surface area (Å²) in [5, 5.41) is 7.10. The lowest BCUT2D eigenvalue weighted by molar-refractivity contribution is -0.139. The normalized spacial score (nSPS) is 14.4. The zero-order valence-corrected chi connectivity index (χ0v) is 24.3. The Hall–Kier alpha value is -4.10. The molecular formula is C28H34N4O8S. The van der Waals surface area contributed by atoms with Crippen LogP contribution in [0.15, 0.2) is 53.4 Å². The molecule has 12 nitrogen and oxygen atoms in total. The molecule has 0 spiro atoms. The van der Waals surface area contributed by atoms with Crippen molar-refractivity contribution in [2.75, 3.05) is 52.8 Å². The van der Waals surface area contributed by atoms with E-state index in [0.29, 0.717) is 61.3 Å². The van der Waals surface area contributed by atoms with Crippen molar-refractivity contribution in [2.45, 2.75) is 24.8 Å². The molecule has 1 aliphatic heterocycles. The van der Waals surface area contributed by atoms with Gasteiger partial charge >= 0.3 is 0 Å². The van der Waals surface area contributed by atoms with Crippen LogP contribution in [0.2, 0.25) is 0 Å². The number of nitrogens with zero attached hydrogens (tertiary/aromatic N) is 3. The number of H-pyrrole nitrogens is 1. The van der Waals surface area contributed by atoms with Crippen LogP contribution in [-0.2, 0) is 24.2 Å². The van der Waals surface area contributed by atoms with Crippen molar-refractivity contribution >= 4 is 21.7 Å². The molecule has 2 amide bonds. The van der Waals surface area contributed by atoms with E-state index in [-0.39, 0.29) is 35.3 Å². The highest BCUT2D eigenvalue weighted by molar-refractivity contribution is 7.90. The molecule has 1 aromatic heterocycles. The first-order valence-electron chi connectivity index (χ1n) is 13.0. The van der Waals surface area contributed by atoms with Gasteiger partial charge in [-0.1, -0.05) is 0 Å². The maximum Gasteiger partial charge on any atom is 0.260 e. The van der Waals surface area contributed by atoms with E-state index in [0.717, 1.165) is 6.26 Å². The summed E-state index contributed by atoms with van der Waals surface area (Å²) >= 11 is 0. The summed E-state index contributed by atoms with van der Waals surface area (Å²) in [6.45, 7) is 5.52. The molecule has 1 saturated heterocycles. The van der Waals surface area contributed by atoms with Crippen LogP contribution in [0.25, 0.3) is 11.3 Å². The molecule has 1 atom stereocenters. The molecule has 2 aromatic carbocycles. The van der Waals surface area contributed by atoms with Gasteiger partial charge in [0.2, 0.25) is 11.8 Å². The van der Waals surface area contributed by atoms with Crippen LogP contribution < -0.4 is 14.2 Å². The topological polar surface area (TPSA) is 140 Å². The smallest absolute Gasteiger partial charge is 0.260 e. The van der Waals surface area contributed by atoms with Crippen molar-refractivity contribution in [3.05, 3.63) is 48.5 Å². The number of amides is 2. The maximum atomic E-state index is 12.6. The first-order valence-corrected chi connectivity index (χ1v) is 14.9. The highest BCUT2D eigenvalue weighted by atomic mass is 32.2. The van der Waals surface area contributed by atoms with Gasteiger partial charge in [-0.2, -0.15) is 0 Å². The molecule has 41 heavy (non-hydrogen) atoms. The third-order valence-corrected chi connectivity index (χ3v) is 7.52. The average molecular weight is 587 g/mol. The third kappa shape index (κ3) is 8.21. The number of sulfone groups is 1. The Morgan fingerprint density at radius 2 is 1.63 bits per heavy atom. The molecule has 0 aliphatic carbocycles. The average Bonchev–Trinajstić information content (AvgIpc) is 3.41. The number of rotatable bonds is 11.